The molecule has 0 aromatic heterocycles. The predicted octanol–water partition coefficient (Wildman–Crippen LogP) is 4.66. The number of rotatable bonds is 2. The fourth-order valence-corrected chi connectivity index (χ4v) is 2.77. The number of ether oxygens (including phenoxy) is 1. The number of morpholine rings is 1. The first-order chi connectivity index (χ1) is 10.9. The van der Waals surface area contributed by atoms with E-state index >= 15 is 0 Å². The van der Waals surface area contributed by atoms with Gasteiger partial charge in [0.2, 0.25) is 0 Å². The molecule has 0 saturated carbocycles. The van der Waals surface area contributed by atoms with E-state index in [2.05, 4.69) is 11.0 Å². The molecule has 2 aromatic rings. The van der Waals surface area contributed by atoms with Gasteiger partial charge in [0.1, 0.15) is 0 Å². The van der Waals surface area contributed by atoms with Gasteiger partial charge in [-0.15, -0.1) is 0 Å². The van der Waals surface area contributed by atoms with Gasteiger partial charge in [0.05, 0.1) is 23.8 Å². The van der Waals surface area contributed by atoms with E-state index in [9.17, 15) is 13.2 Å². The highest BCUT2D eigenvalue weighted by Crippen LogP contribution is 2.37. The van der Waals surface area contributed by atoms with Crippen LogP contribution in [0.4, 0.5) is 18.9 Å². The van der Waals surface area contributed by atoms with Gasteiger partial charge in [-0.25, -0.2) is 0 Å². The minimum atomic E-state index is -4.48. The number of halogens is 4. The van der Waals surface area contributed by atoms with Crippen molar-refractivity contribution in [2.45, 2.75) is 6.18 Å². The molecule has 1 heterocycles. The SMILES string of the molecule is FC(F)(F)c1cc(-c2[c]ccc(N3CCOCC3)c2)ccc1Cl. The van der Waals surface area contributed by atoms with Crippen molar-refractivity contribution in [2.24, 2.45) is 0 Å². The van der Waals surface area contributed by atoms with E-state index in [4.69, 9.17) is 16.3 Å². The van der Waals surface area contributed by atoms with Crippen LogP contribution in [0.25, 0.3) is 11.1 Å². The summed E-state index contributed by atoms with van der Waals surface area (Å²) in [6.07, 6.45) is -4.48. The largest absolute Gasteiger partial charge is 0.417 e. The van der Waals surface area contributed by atoms with Crippen molar-refractivity contribution < 1.29 is 17.9 Å². The Kier molecular flexibility index (Phi) is 4.50. The molecular formula is C17H14ClF3NO. The average Bonchev–Trinajstić information content (AvgIpc) is 2.55. The molecule has 1 aliphatic rings. The Morgan fingerprint density at radius 1 is 1.09 bits per heavy atom. The van der Waals surface area contributed by atoms with Gasteiger partial charge >= 0.3 is 6.18 Å². The Morgan fingerprint density at radius 3 is 2.52 bits per heavy atom. The third kappa shape index (κ3) is 3.62. The minimum absolute atomic E-state index is 0.300. The van der Waals surface area contributed by atoms with Crippen molar-refractivity contribution in [3.63, 3.8) is 0 Å². The normalized spacial score (nSPS) is 15.7. The Balaban J connectivity index is 1.96. The van der Waals surface area contributed by atoms with Crippen LogP contribution < -0.4 is 4.90 Å². The molecule has 0 atom stereocenters. The lowest BCUT2D eigenvalue weighted by atomic mass is 10.0. The minimum Gasteiger partial charge on any atom is -0.378 e. The Hall–Kier alpha value is -1.72. The lowest BCUT2D eigenvalue weighted by Crippen LogP contribution is -2.36. The van der Waals surface area contributed by atoms with Crippen LogP contribution in [0.15, 0.2) is 36.4 Å². The van der Waals surface area contributed by atoms with Gasteiger partial charge in [-0.3, -0.25) is 0 Å². The first-order valence-electron chi connectivity index (χ1n) is 7.17. The smallest absolute Gasteiger partial charge is 0.378 e. The van der Waals surface area contributed by atoms with Crippen molar-refractivity contribution in [1.29, 1.82) is 0 Å². The fraction of sp³-hybridized carbons (Fsp3) is 0.294. The summed E-state index contributed by atoms with van der Waals surface area (Å²) in [4.78, 5) is 2.14. The maximum atomic E-state index is 13.0. The van der Waals surface area contributed by atoms with E-state index in [0.29, 0.717) is 24.3 Å². The van der Waals surface area contributed by atoms with Crippen LogP contribution in [0.2, 0.25) is 5.02 Å². The summed E-state index contributed by atoms with van der Waals surface area (Å²) in [7, 11) is 0. The van der Waals surface area contributed by atoms with Crippen molar-refractivity contribution in [3.05, 3.63) is 53.1 Å². The van der Waals surface area contributed by atoms with Crippen LogP contribution >= 0.6 is 11.6 Å². The van der Waals surface area contributed by atoms with Gasteiger partial charge in [-0.2, -0.15) is 13.2 Å². The first kappa shape index (κ1) is 16.1. The number of anilines is 1. The Labute approximate surface area is 137 Å². The van der Waals surface area contributed by atoms with Crippen molar-refractivity contribution in [3.8, 4) is 11.1 Å². The second-order valence-electron chi connectivity index (χ2n) is 5.25. The second-order valence-corrected chi connectivity index (χ2v) is 5.66. The summed E-state index contributed by atoms with van der Waals surface area (Å²) < 4.78 is 44.3. The molecule has 0 N–H and O–H groups in total. The molecule has 1 saturated heterocycles. The topological polar surface area (TPSA) is 12.5 Å². The molecule has 1 fully saturated rings. The van der Waals surface area contributed by atoms with E-state index in [0.717, 1.165) is 24.8 Å². The molecule has 3 rings (SSSR count). The van der Waals surface area contributed by atoms with Crippen LogP contribution in [0.5, 0.6) is 0 Å². The zero-order valence-corrected chi connectivity index (χ0v) is 12.9. The standard InChI is InChI=1S/C17H14ClF3NO/c18-16-5-4-13(11-15(16)17(19,20)21)12-2-1-3-14(10-12)22-6-8-23-9-7-22/h1,3-5,10-11H,6-9H2. The first-order valence-corrected chi connectivity index (χ1v) is 7.54. The molecule has 0 amide bonds. The average molecular weight is 341 g/mol. The van der Waals surface area contributed by atoms with E-state index in [1.807, 2.05) is 12.1 Å². The summed E-state index contributed by atoms with van der Waals surface area (Å²) in [5, 5.41) is -0.300. The molecule has 2 aromatic carbocycles. The summed E-state index contributed by atoms with van der Waals surface area (Å²) in [6, 6.07) is 12.4. The lowest BCUT2D eigenvalue weighted by molar-refractivity contribution is -0.137. The zero-order chi connectivity index (χ0) is 16.4. The van der Waals surface area contributed by atoms with Gasteiger partial charge in [-0.05, 0) is 41.5 Å². The molecule has 0 bridgehead atoms. The van der Waals surface area contributed by atoms with E-state index in [-0.39, 0.29) is 5.02 Å². The maximum absolute atomic E-state index is 13.0. The van der Waals surface area contributed by atoms with Crippen molar-refractivity contribution >= 4 is 17.3 Å². The second kappa shape index (κ2) is 6.42. The highest BCUT2D eigenvalue weighted by molar-refractivity contribution is 6.31. The lowest BCUT2D eigenvalue weighted by Gasteiger charge is -2.29. The number of benzene rings is 2. The Bertz CT molecular complexity index is 696. The number of hydrogen-bond donors (Lipinski definition) is 0. The number of nitrogens with zero attached hydrogens (tertiary/aromatic N) is 1. The Morgan fingerprint density at radius 2 is 1.83 bits per heavy atom. The van der Waals surface area contributed by atoms with E-state index < -0.39 is 11.7 Å². The number of alkyl halides is 3. The molecule has 6 heteroatoms. The zero-order valence-electron chi connectivity index (χ0n) is 12.2. The van der Waals surface area contributed by atoms with Crippen LogP contribution in [-0.4, -0.2) is 26.3 Å². The highest BCUT2D eigenvalue weighted by atomic mass is 35.5. The quantitative estimate of drug-likeness (QED) is 0.788. The summed E-state index contributed by atoms with van der Waals surface area (Å²) in [5.41, 5.74) is 1.17. The van der Waals surface area contributed by atoms with Gasteiger partial charge in [0.25, 0.3) is 0 Å². The molecule has 0 aliphatic carbocycles. The van der Waals surface area contributed by atoms with Crippen molar-refractivity contribution in [1.82, 2.24) is 0 Å². The molecule has 23 heavy (non-hydrogen) atoms. The van der Waals surface area contributed by atoms with Crippen LogP contribution in [0.1, 0.15) is 5.56 Å². The van der Waals surface area contributed by atoms with Gasteiger partial charge in [-0.1, -0.05) is 23.7 Å². The molecule has 0 spiro atoms. The highest BCUT2D eigenvalue weighted by Gasteiger charge is 2.33. The molecular weight excluding hydrogens is 327 g/mol. The van der Waals surface area contributed by atoms with Gasteiger partial charge in [0, 0.05) is 18.8 Å². The molecule has 2 nitrogen and oxygen atoms in total. The summed E-state index contributed by atoms with van der Waals surface area (Å²) in [6.45, 7) is 2.82. The van der Waals surface area contributed by atoms with E-state index in [1.165, 1.54) is 6.07 Å². The third-order valence-electron chi connectivity index (χ3n) is 3.74. The molecule has 121 valence electrons. The third-order valence-corrected chi connectivity index (χ3v) is 4.07. The van der Waals surface area contributed by atoms with Gasteiger partial charge in [0.15, 0.2) is 0 Å². The molecule has 1 radical (unpaired) electrons. The van der Waals surface area contributed by atoms with E-state index in [1.54, 1.807) is 12.1 Å². The molecule has 1 aliphatic heterocycles. The van der Waals surface area contributed by atoms with Crippen LogP contribution in [-0.2, 0) is 10.9 Å². The van der Waals surface area contributed by atoms with Crippen molar-refractivity contribution in [2.75, 3.05) is 31.2 Å². The molecule has 0 unspecified atom stereocenters. The fourth-order valence-electron chi connectivity index (χ4n) is 2.55. The summed E-state index contributed by atoms with van der Waals surface area (Å²) in [5.74, 6) is 0. The van der Waals surface area contributed by atoms with Crippen LogP contribution in [0, 0.1) is 6.07 Å². The summed E-state index contributed by atoms with van der Waals surface area (Å²) >= 11 is 5.67. The number of hydrogen-bond acceptors (Lipinski definition) is 2. The van der Waals surface area contributed by atoms with Gasteiger partial charge < -0.3 is 9.64 Å². The maximum Gasteiger partial charge on any atom is 0.417 e. The predicted molar refractivity (Wildman–Crippen MR) is 83.8 cm³/mol. The monoisotopic (exact) mass is 340 g/mol. The van der Waals surface area contributed by atoms with Crippen LogP contribution in [0.3, 0.4) is 0 Å².